The van der Waals surface area contributed by atoms with Crippen LogP contribution < -0.4 is 15.5 Å². The third-order valence-electron chi connectivity index (χ3n) is 0.328. The predicted octanol–water partition coefficient (Wildman–Crippen LogP) is -3.20. The SMILES string of the molecule is CC(=O)[O-].CC(=O)[O-].CNCC(=O)O.[Zn+2]. The summed E-state index contributed by atoms with van der Waals surface area (Å²) in [6, 6.07) is 0. The van der Waals surface area contributed by atoms with Gasteiger partial charge in [0.1, 0.15) is 0 Å². The second-order valence-corrected chi connectivity index (χ2v) is 1.91. The van der Waals surface area contributed by atoms with Gasteiger partial charge in [0.05, 0.1) is 6.54 Å². The summed E-state index contributed by atoms with van der Waals surface area (Å²) in [4.78, 5) is 27.3. The molecule has 0 aromatic rings. The minimum Gasteiger partial charge on any atom is -0.550 e. The van der Waals surface area contributed by atoms with Crippen molar-refractivity contribution in [2.75, 3.05) is 13.6 Å². The molecule has 0 saturated carbocycles. The number of carboxylic acids is 3. The Bertz CT molecular complexity index is 164. The minimum atomic E-state index is -1.08. The van der Waals surface area contributed by atoms with Gasteiger partial charge in [-0.1, -0.05) is 0 Å². The maximum absolute atomic E-state index is 9.54. The maximum Gasteiger partial charge on any atom is 2.00 e. The minimum absolute atomic E-state index is 0. The number of hydrogen-bond donors (Lipinski definition) is 2. The first kappa shape index (κ1) is 23.7. The molecule has 0 aromatic heterocycles. The molecule has 0 aromatic carbocycles. The number of carbonyl (C=O) groups excluding carboxylic acids is 2. The molecule has 8 heteroatoms. The predicted molar refractivity (Wildman–Crippen MR) is 42.9 cm³/mol. The van der Waals surface area contributed by atoms with Gasteiger partial charge in [-0.25, -0.2) is 0 Å². The summed E-state index contributed by atoms with van der Waals surface area (Å²) < 4.78 is 0. The van der Waals surface area contributed by atoms with Crippen LogP contribution in [0.4, 0.5) is 0 Å². The second kappa shape index (κ2) is 18.7. The van der Waals surface area contributed by atoms with Crippen LogP contribution >= 0.6 is 0 Å². The van der Waals surface area contributed by atoms with Crippen LogP contribution in [0.15, 0.2) is 0 Å². The normalized spacial score (nSPS) is 6.60. The van der Waals surface area contributed by atoms with Gasteiger partial charge in [0.25, 0.3) is 0 Å². The topological polar surface area (TPSA) is 130 Å². The van der Waals surface area contributed by atoms with Crippen molar-refractivity contribution in [3.63, 3.8) is 0 Å². The van der Waals surface area contributed by atoms with E-state index in [0.717, 1.165) is 13.8 Å². The number of rotatable bonds is 2. The number of carboxylic acid groups (broad SMARTS) is 3. The standard InChI is InChI=1S/C3H7NO2.2C2H4O2.Zn/c1-4-2-3(5)6;2*1-2(3)4;/h4H,2H2,1H3,(H,5,6);2*1H3,(H,3,4);/q;;;+2/p-2. The molecule has 7 nitrogen and oxygen atoms in total. The van der Waals surface area contributed by atoms with E-state index < -0.39 is 17.9 Å². The van der Waals surface area contributed by atoms with Crippen molar-refractivity contribution in [1.82, 2.24) is 5.32 Å². The molecule has 0 aliphatic rings. The number of likely N-dealkylation sites (N-methyl/N-ethyl adjacent to an activating group) is 1. The molecule has 84 valence electrons. The molecule has 0 unspecified atom stereocenters. The monoisotopic (exact) mass is 271 g/mol. The fourth-order valence-corrected chi connectivity index (χ4v) is 0.151. The molecule has 0 bridgehead atoms. The Balaban J connectivity index is -0.0000000606. The average Bonchev–Trinajstić information content (AvgIpc) is 1.82. The van der Waals surface area contributed by atoms with Gasteiger partial charge >= 0.3 is 25.4 Å². The van der Waals surface area contributed by atoms with Crippen molar-refractivity contribution >= 4 is 17.9 Å². The van der Waals surface area contributed by atoms with E-state index in [1.807, 2.05) is 0 Å². The van der Waals surface area contributed by atoms with Crippen LogP contribution in [-0.2, 0) is 33.9 Å². The quantitative estimate of drug-likeness (QED) is 0.506. The van der Waals surface area contributed by atoms with Gasteiger partial charge < -0.3 is 30.2 Å². The van der Waals surface area contributed by atoms with Crippen LogP contribution in [0.25, 0.3) is 0 Å². The van der Waals surface area contributed by atoms with E-state index in [-0.39, 0.29) is 26.0 Å². The Labute approximate surface area is 100 Å². The number of nitrogens with one attached hydrogen (secondary N) is 1. The van der Waals surface area contributed by atoms with Crippen LogP contribution in [0, 0.1) is 0 Å². The zero-order valence-corrected chi connectivity index (χ0v) is 11.9. The van der Waals surface area contributed by atoms with E-state index in [4.69, 9.17) is 24.9 Å². The van der Waals surface area contributed by atoms with Crippen LogP contribution in [0.5, 0.6) is 0 Å². The first-order chi connectivity index (χ1) is 6.23. The van der Waals surface area contributed by atoms with E-state index in [1.165, 1.54) is 0 Å². The molecule has 0 saturated heterocycles. The molecule has 0 heterocycles. The van der Waals surface area contributed by atoms with E-state index in [0.29, 0.717) is 0 Å². The molecule has 0 aliphatic carbocycles. The van der Waals surface area contributed by atoms with E-state index in [9.17, 15) is 4.79 Å². The zero-order valence-electron chi connectivity index (χ0n) is 8.90. The second-order valence-electron chi connectivity index (χ2n) is 1.91. The van der Waals surface area contributed by atoms with Crippen LogP contribution in [0.2, 0.25) is 0 Å². The van der Waals surface area contributed by atoms with Gasteiger partial charge in [-0.05, 0) is 20.9 Å². The van der Waals surface area contributed by atoms with Crippen LogP contribution in [0.1, 0.15) is 13.8 Å². The third kappa shape index (κ3) is 395. The summed E-state index contributed by atoms with van der Waals surface area (Å²) >= 11 is 0. The van der Waals surface area contributed by atoms with Crippen LogP contribution in [0.3, 0.4) is 0 Å². The molecule has 0 amide bonds. The average molecular weight is 273 g/mol. The largest absolute Gasteiger partial charge is 2.00 e. The fraction of sp³-hybridized carbons (Fsp3) is 0.571. The third-order valence-corrected chi connectivity index (χ3v) is 0.328. The summed E-state index contributed by atoms with van der Waals surface area (Å²) in [7, 11) is 1.59. The Morgan fingerprint density at radius 3 is 1.33 bits per heavy atom. The molecule has 0 fully saturated rings. The van der Waals surface area contributed by atoms with Crippen molar-refractivity contribution < 1.29 is 49.2 Å². The number of carbonyl (C=O) groups is 3. The van der Waals surface area contributed by atoms with Gasteiger partial charge in [0.15, 0.2) is 0 Å². The van der Waals surface area contributed by atoms with Crippen molar-refractivity contribution in [2.45, 2.75) is 13.8 Å². The Hall–Kier alpha value is -1.01. The van der Waals surface area contributed by atoms with E-state index in [1.54, 1.807) is 7.05 Å². The molecule has 0 atom stereocenters. The van der Waals surface area contributed by atoms with E-state index >= 15 is 0 Å². The Morgan fingerprint density at radius 1 is 1.13 bits per heavy atom. The van der Waals surface area contributed by atoms with E-state index in [2.05, 4.69) is 5.32 Å². The summed E-state index contributed by atoms with van der Waals surface area (Å²) in [6.07, 6.45) is 0. The Kier molecular flexibility index (Phi) is 29.5. The van der Waals surface area contributed by atoms with Gasteiger partial charge in [-0.3, -0.25) is 4.79 Å². The Morgan fingerprint density at radius 2 is 1.33 bits per heavy atom. The fourth-order valence-electron chi connectivity index (χ4n) is 0.151. The first-order valence-corrected chi connectivity index (χ1v) is 3.45. The summed E-state index contributed by atoms with van der Waals surface area (Å²) in [5.74, 6) is -2.99. The molecule has 0 radical (unpaired) electrons. The molecule has 2 N–H and O–H groups in total. The molecular weight excluding hydrogens is 259 g/mol. The maximum atomic E-state index is 9.54. The molecule has 15 heavy (non-hydrogen) atoms. The number of aliphatic carboxylic acids is 3. The van der Waals surface area contributed by atoms with Crippen molar-refractivity contribution in [1.29, 1.82) is 0 Å². The first-order valence-electron chi connectivity index (χ1n) is 3.45. The molecule has 0 rings (SSSR count). The van der Waals surface area contributed by atoms with Crippen molar-refractivity contribution in [3.8, 4) is 0 Å². The number of hydrogen-bond acceptors (Lipinski definition) is 6. The molecule has 0 aliphatic heterocycles. The molecular formula is C7H13NO6Zn. The van der Waals surface area contributed by atoms with Gasteiger partial charge in [0, 0.05) is 11.9 Å². The van der Waals surface area contributed by atoms with Gasteiger partial charge in [-0.15, -0.1) is 0 Å². The van der Waals surface area contributed by atoms with Crippen molar-refractivity contribution in [2.24, 2.45) is 0 Å². The summed E-state index contributed by atoms with van der Waals surface area (Å²) in [6.45, 7) is 1.99. The molecule has 0 spiro atoms. The van der Waals surface area contributed by atoms with Gasteiger partial charge in [-0.2, -0.15) is 0 Å². The van der Waals surface area contributed by atoms with Gasteiger partial charge in [0.2, 0.25) is 0 Å². The summed E-state index contributed by atoms with van der Waals surface area (Å²) in [5.41, 5.74) is 0. The summed E-state index contributed by atoms with van der Waals surface area (Å²) in [5, 5.41) is 28.1. The van der Waals surface area contributed by atoms with Crippen molar-refractivity contribution in [3.05, 3.63) is 0 Å². The zero-order chi connectivity index (χ0) is 12.1. The smallest absolute Gasteiger partial charge is 0.550 e. The van der Waals surface area contributed by atoms with Crippen LogP contribution in [-0.4, -0.2) is 36.6 Å².